The van der Waals surface area contributed by atoms with E-state index in [1.807, 2.05) is 45.0 Å². The van der Waals surface area contributed by atoms with Gasteiger partial charge in [0, 0.05) is 25.4 Å². The largest absolute Gasteiger partial charge is 0.378 e. The Morgan fingerprint density at radius 3 is 2.40 bits per heavy atom. The lowest BCUT2D eigenvalue weighted by Gasteiger charge is -2.18. The summed E-state index contributed by atoms with van der Waals surface area (Å²) in [5, 5.41) is 0. The van der Waals surface area contributed by atoms with Gasteiger partial charge in [-0.05, 0) is 17.5 Å². The second-order valence-corrected chi connectivity index (χ2v) is 4.20. The van der Waals surface area contributed by atoms with Crippen LogP contribution in [0, 0.1) is 5.82 Å². The summed E-state index contributed by atoms with van der Waals surface area (Å²) in [6.45, 7) is 7.85. The average Bonchev–Trinajstić information content (AvgIpc) is 2.16. The molecule has 0 heterocycles. The zero-order chi connectivity index (χ0) is 11.6. The van der Waals surface area contributed by atoms with Crippen molar-refractivity contribution in [2.24, 2.45) is 0 Å². The summed E-state index contributed by atoms with van der Waals surface area (Å²) in [4.78, 5) is 1.82. The molecule has 82 valence electrons. The van der Waals surface area contributed by atoms with Gasteiger partial charge in [0.25, 0.3) is 0 Å². The summed E-state index contributed by atoms with van der Waals surface area (Å²) in [6.07, 6.45) is 0. The van der Waals surface area contributed by atoms with E-state index < -0.39 is 0 Å². The van der Waals surface area contributed by atoms with Crippen LogP contribution in [0.4, 0.5) is 4.39 Å². The van der Waals surface area contributed by atoms with Crippen LogP contribution >= 0.6 is 0 Å². The van der Waals surface area contributed by atoms with E-state index >= 15 is 0 Å². The predicted octanol–water partition coefficient (Wildman–Crippen LogP) is 3.48. The molecule has 0 saturated carbocycles. The third-order valence-electron chi connectivity index (χ3n) is 2.50. The third-order valence-corrected chi connectivity index (χ3v) is 2.50. The SMILES string of the molecule is C=C(c1cccc(C(C)C)c1F)N(C)C. The van der Waals surface area contributed by atoms with Crippen LogP contribution in [-0.2, 0) is 0 Å². The van der Waals surface area contributed by atoms with Gasteiger partial charge < -0.3 is 4.90 Å². The molecule has 0 fully saturated rings. The van der Waals surface area contributed by atoms with Gasteiger partial charge in [-0.3, -0.25) is 0 Å². The topological polar surface area (TPSA) is 3.24 Å². The van der Waals surface area contributed by atoms with Gasteiger partial charge in [-0.25, -0.2) is 4.39 Å². The van der Waals surface area contributed by atoms with Crippen molar-refractivity contribution >= 4 is 5.70 Å². The maximum Gasteiger partial charge on any atom is 0.135 e. The Hall–Kier alpha value is -1.31. The highest BCUT2D eigenvalue weighted by molar-refractivity contribution is 5.62. The first-order valence-electron chi connectivity index (χ1n) is 5.10. The van der Waals surface area contributed by atoms with Crippen LogP contribution in [0.15, 0.2) is 24.8 Å². The molecule has 0 aliphatic rings. The maximum atomic E-state index is 14.0. The van der Waals surface area contributed by atoms with Gasteiger partial charge in [0.2, 0.25) is 0 Å². The fraction of sp³-hybridized carbons (Fsp3) is 0.385. The first-order valence-corrected chi connectivity index (χ1v) is 5.10. The molecule has 0 bridgehead atoms. The van der Waals surface area contributed by atoms with Crippen molar-refractivity contribution < 1.29 is 4.39 Å². The lowest BCUT2D eigenvalue weighted by atomic mass is 9.98. The summed E-state index contributed by atoms with van der Waals surface area (Å²) in [7, 11) is 3.73. The molecule has 1 aromatic carbocycles. The van der Waals surface area contributed by atoms with E-state index in [2.05, 4.69) is 6.58 Å². The lowest BCUT2D eigenvalue weighted by molar-refractivity contribution is 0.563. The Morgan fingerprint density at radius 1 is 1.33 bits per heavy atom. The third kappa shape index (κ3) is 2.38. The summed E-state index contributed by atoms with van der Waals surface area (Å²) in [6, 6.07) is 5.47. The second-order valence-electron chi connectivity index (χ2n) is 4.20. The van der Waals surface area contributed by atoms with Gasteiger partial charge in [0.1, 0.15) is 5.82 Å². The van der Waals surface area contributed by atoms with Crippen LogP contribution in [-0.4, -0.2) is 19.0 Å². The summed E-state index contributed by atoms with van der Waals surface area (Å²) in [5.41, 5.74) is 2.04. The molecule has 1 rings (SSSR count). The molecule has 0 unspecified atom stereocenters. The molecule has 0 radical (unpaired) electrons. The predicted molar refractivity (Wildman–Crippen MR) is 63.2 cm³/mol. The molecule has 0 N–H and O–H groups in total. The standard InChI is InChI=1S/C13H18FN/c1-9(2)11-7-6-8-12(13(11)14)10(3)15(4)5/h6-9H,3H2,1-2,4-5H3. The molecule has 0 saturated heterocycles. The Balaban J connectivity index is 3.21. The number of benzene rings is 1. The quantitative estimate of drug-likeness (QED) is 0.733. The zero-order valence-corrected chi connectivity index (χ0v) is 9.84. The number of nitrogens with zero attached hydrogens (tertiary/aromatic N) is 1. The van der Waals surface area contributed by atoms with Crippen molar-refractivity contribution in [3.63, 3.8) is 0 Å². The highest BCUT2D eigenvalue weighted by Crippen LogP contribution is 2.25. The summed E-state index contributed by atoms with van der Waals surface area (Å²) >= 11 is 0. The first-order chi connectivity index (χ1) is 6.95. The van der Waals surface area contributed by atoms with Crippen LogP contribution in [0.25, 0.3) is 5.70 Å². The molecular weight excluding hydrogens is 189 g/mol. The van der Waals surface area contributed by atoms with Gasteiger partial charge in [-0.15, -0.1) is 0 Å². The van der Waals surface area contributed by atoms with Crippen molar-refractivity contribution in [1.82, 2.24) is 4.90 Å². The Morgan fingerprint density at radius 2 is 1.93 bits per heavy atom. The fourth-order valence-electron chi connectivity index (χ4n) is 1.46. The first kappa shape index (κ1) is 11.8. The monoisotopic (exact) mass is 207 g/mol. The van der Waals surface area contributed by atoms with E-state index in [1.54, 1.807) is 6.07 Å². The lowest BCUT2D eigenvalue weighted by Crippen LogP contribution is -2.11. The van der Waals surface area contributed by atoms with Gasteiger partial charge in [-0.1, -0.05) is 32.6 Å². The molecule has 0 amide bonds. The van der Waals surface area contributed by atoms with Gasteiger partial charge in [0.15, 0.2) is 0 Å². The molecule has 0 aromatic heterocycles. The van der Waals surface area contributed by atoms with Crippen LogP contribution in [0.3, 0.4) is 0 Å². The van der Waals surface area contributed by atoms with E-state index in [-0.39, 0.29) is 11.7 Å². The molecule has 0 atom stereocenters. The van der Waals surface area contributed by atoms with E-state index in [4.69, 9.17) is 0 Å². The molecule has 15 heavy (non-hydrogen) atoms. The molecule has 0 spiro atoms. The Kier molecular flexibility index (Phi) is 3.51. The Labute approximate surface area is 91.2 Å². The minimum absolute atomic E-state index is 0.147. The van der Waals surface area contributed by atoms with Crippen LogP contribution < -0.4 is 0 Å². The minimum atomic E-state index is -0.147. The smallest absolute Gasteiger partial charge is 0.135 e. The molecule has 2 heteroatoms. The number of rotatable bonds is 3. The number of halogens is 1. The van der Waals surface area contributed by atoms with E-state index in [0.29, 0.717) is 11.3 Å². The highest BCUT2D eigenvalue weighted by atomic mass is 19.1. The van der Waals surface area contributed by atoms with Crippen molar-refractivity contribution in [2.75, 3.05) is 14.1 Å². The summed E-state index contributed by atoms with van der Waals surface area (Å²) in [5.74, 6) is 0.0473. The van der Waals surface area contributed by atoms with Gasteiger partial charge >= 0.3 is 0 Å². The normalized spacial score (nSPS) is 10.5. The zero-order valence-electron chi connectivity index (χ0n) is 9.84. The second kappa shape index (κ2) is 4.47. The van der Waals surface area contributed by atoms with Gasteiger partial charge in [0.05, 0.1) is 0 Å². The van der Waals surface area contributed by atoms with Crippen molar-refractivity contribution in [3.8, 4) is 0 Å². The van der Waals surface area contributed by atoms with Crippen LogP contribution in [0.2, 0.25) is 0 Å². The van der Waals surface area contributed by atoms with Crippen LogP contribution in [0.1, 0.15) is 30.9 Å². The van der Waals surface area contributed by atoms with E-state index in [1.165, 1.54) is 0 Å². The minimum Gasteiger partial charge on any atom is -0.378 e. The maximum absolute atomic E-state index is 14.0. The summed E-state index contributed by atoms with van der Waals surface area (Å²) < 4.78 is 14.0. The van der Waals surface area contributed by atoms with Crippen LogP contribution in [0.5, 0.6) is 0 Å². The average molecular weight is 207 g/mol. The number of hydrogen-bond acceptors (Lipinski definition) is 1. The van der Waals surface area contributed by atoms with Crippen molar-refractivity contribution in [1.29, 1.82) is 0 Å². The molecular formula is C13H18FN. The van der Waals surface area contributed by atoms with Crippen molar-refractivity contribution in [3.05, 3.63) is 41.7 Å². The van der Waals surface area contributed by atoms with Crippen molar-refractivity contribution in [2.45, 2.75) is 19.8 Å². The van der Waals surface area contributed by atoms with E-state index in [0.717, 1.165) is 5.56 Å². The molecule has 1 nitrogen and oxygen atoms in total. The Bertz CT molecular complexity index is 367. The highest BCUT2D eigenvalue weighted by Gasteiger charge is 2.13. The van der Waals surface area contributed by atoms with E-state index in [9.17, 15) is 4.39 Å². The molecule has 0 aliphatic carbocycles. The van der Waals surface area contributed by atoms with Gasteiger partial charge in [-0.2, -0.15) is 0 Å². The number of hydrogen-bond donors (Lipinski definition) is 0. The molecule has 1 aromatic rings. The fourth-order valence-corrected chi connectivity index (χ4v) is 1.46. The molecule has 0 aliphatic heterocycles.